The number of carbonyl (C=O) groups is 1. The number of rotatable bonds is 4. The number of carbonyl (C=O) groups excluding carboxylic acids is 1. The molecule has 19 heavy (non-hydrogen) atoms. The molecule has 0 spiro atoms. The van der Waals surface area contributed by atoms with Gasteiger partial charge >= 0.3 is 0 Å². The summed E-state index contributed by atoms with van der Waals surface area (Å²) in [6.45, 7) is 6.73. The summed E-state index contributed by atoms with van der Waals surface area (Å²) < 4.78 is 3.84. The maximum absolute atomic E-state index is 12.3. The normalized spacial score (nSPS) is 11.0. The Kier molecular flexibility index (Phi) is 4.63. The lowest BCUT2D eigenvalue weighted by Crippen LogP contribution is -2.09. The van der Waals surface area contributed by atoms with Gasteiger partial charge in [-0.15, -0.1) is 11.3 Å². The minimum Gasteiger partial charge on any atom is -0.293 e. The van der Waals surface area contributed by atoms with Crippen LogP contribution in [0.2, 0.25) is 0 Å². The molecule has 0 bridgehead atoms. The molecule has 0 N–H and O–H groups in total. The highest BCUT2D eigenvalue weighted by atomic mass is 79.9. The van der Waals surface area contributed by atoms with Gasteiger partial charge in [-0.25, -0.2) is 0 Å². The SMILES string of the molecule is CCn1nc(C)c(Br)c1CC(=O)c1cc(C)c(Br)s1. The summed E-state index contributed by atoms with van der Waals surface area (Å²) in [4.78, 5) is 13.1. The van der Waals surface area contributed by atoms with Crippen molar-refractivity contribution in [2.75, 3.05) is 0 Å². The van der Waals surface area contributed by atoms with E-state index in [0.717, 1.165) is 36.6 Å². The van der Waals surface area contributed by atoms with Gasteiger partial charge in [-0.1, -0.05) is 0 Å². The number of hydrogen-bond donors (Lipinski definition) is 0. The van der Waals surface area contributed by atoms with Crippen molar-refractivity contribution in [1.29, 1.82) is 0 Å². The van der Waals surface area contributed by atoms with Gasteiger partial charge in [-0.2, -0.15) is 5.10 Å². The zero-order chi connectivity index (χ0) is 14.2. The largest absolute Gasteiger partial charge is 0.293 e. The van der Waals surface area contributed by atoms with Crippen molar-refractivity contribution in [3.8, 4) is 0 Å². The highest BCUT2D eigenvalue weighted by Crippen LogP contribution is 2.29. The van der Waals surface area contributed by atoms with Crippen LogP contribution in [0.15, 0.2) is 14.3 Å². The van der Waals surface area contributed by atoms with Crippen molar-refractivity contribution >= 4 is 49.0 Å². The highest BCUT2D eigenvalue weighted by Gasteiger charge is 2.18. The van der Waals surface area contributed by atoms with Crippen LogP contribution in [0, 0.1) is 13.8 Å². The van der Waals surface area contributed by atoms with E-state index in [9.17, 15) is 4.79 Å². The van der Waals surface area contributed by atoms with Crippen molar-refractivity contribution in [3.63, 3.8) is 0 Å². The van der Waals surface area contributed by atoms with E-state index in [1.54, 1.807) is 0 Å². The lowest BCUT2D eigenvalue weighted by atomic mass is 10.1. The first-order valence-corrected chi connectivity index (χ1v) is 8.35. The monoisotopic (exact) mass is 404 g/mol. The summed E-state index contributed by atoms with van der Waals surface area (Å²) in [5.74, 6) is 0.133. The summed E-state index contributed by atoms with van der Waals surface area (Å²) in [6.07, 6.45) is 0.377. The number of aryl methyl sites for hydroxylation is 3. The Morgan fingerprint density at radius 2 is 2.11 bits per heavy atom. The lowest BCUT2D eigenvalue weighted by molar-refractivity contribution is 0.0994. The van der Waals surface area contributed by atoms with Crippen LogP contribution < -0.4 is 0 Å². The molecule has 2 rings (SSSR count). The molecular weight excluding hydrogens is 392 g/mol. The Morgan fingerprint density at radius 1 is 1.42 bits per heavy atom. The van der Waals surface area contributed by atoms with Gasteiger partial charge in [-0.05, 0) is 64.3 Å². The summed E-state index contributed by atoms with van der Waals surface area (Å²) in [5.41, 5.74) is 2.98. The second-order valence-electron chi connectivity index (χ2n) is 4.33. The first-order valence-electron chi connectivity index (χ1n) is 5.95. The molecule has 2 heterocycles. The highest BCUT2D eigenvalue weighted by molar-refractivity contribution is 9.11. The molecule has 0 aliphatic heterocycles. The predicted molar refractivity (Wildman–Crippen MR) is 85.1 cm³/mol. The van der Waals surface area contributed by atoms with Crippen LogP contribution in [0.1, 0.15) is 33.5 Å². The fourth-order valence-corrected chi connectivity index (χ4v) is 3.77. The lowest BCUT2D eigenvalue weighted by Gasteiger charge is -2.03. The molecule has 0 aliphatic carbocycles. The molecule has 0 atom stereocenters. The number of nitrogens with zero attached hydrogens (tertiary/aromatic N) is 2. The molecule has 0 aliphatic rings. The van der Waals surface area contributed by atoms with E-state index in [-0.39, 0.29) is 5.78 Å². The maximum Gasteiger partial charge on any atom is 0.178 e. The number of thiophene rings is 1. The first-order chi connectivity index (χ1) is 8.93. The Morgan fingerprint density at radius 3 is 2.63 bits per heavy atom. The van der Waals surface area contributed by atoms with E-state index in [1.165, 1.54) is 11.3 Å². The van der Waals surface area contributed by atoms with E-state index < -0.39 is 0 Å². The fraction of sp³-hybridized carbons (Fsp3) is 0.385. The number of hydrogen-bond acceptors (Lipinski definition) is 3. The summed E-state index contributed by atoms with van der Waals surface area (Å²) in [7, 11) is 0. The minimum atomic E-state index is 0.133. The number of aromatic nitrogens is 2. The van der Waals surface area contributed by atoms with Crippen LogP contribution in [0.4, 0.5) is 0 Å². The van der Waals surface area contributed by atoms with E-state index in [0.29, 0.717) is 6.42 Å². The Labute approximate surface area is 133 Å². The van der Waals surface area contributed by atoms with Gasteiger partial charge < -0.3 is 0 Å². The molecule has 0 fully saturated rings. The van der Waals surface area contributed by atoms with Gasteiger partial charge in [0, 0.05) is 6.54 Å². The van der Waals surface area contributed by atoms with Gasteiger partial charge in [0.1, 0.15) is 0 Å². The molecule has 6 heteroatoms. The first kappa shape index (κ1) is 14.9. The van der Waals surface area contributed by atoms with Crippen LogP contribution in [0.3, 0.4) is 0 Å². The number of halogens is 2. The van der Waals surface area contributed by atoms with Crippen molar-refractivity contribution < 1.29 is 4.79 Å². The molecule has 2 aromatic rings. The Hall–Kier alpha value is -0.460. The Bertz CT molecular complexity index is 611. The molecule has 0 saturated heterocycles. The number of Topliss-reactive ketones (excluding diaryl/α,β-unsaturated/α-hetero) is 1. The molecular formula is C13H14Br2N2OS. The maximum atomic E-state index is 12.3. The van der Waals surface area contributed by atoms with E-state index in [2.05, 4.69) is 37.0 Å². The van der Waals surface area contributed by atoms with Crippen LogP contribution in [0.5, 0.6) is 0 Å². The van der Waals surface area contributed by atoms with Gasteiger partial charge in [0.25, 0.3) is 0 Å². The van der Waals surface area contributed by atoms with Crippen LogP contribution >= 0.6 is 43.2 Å². The smallest absolute Gasteiger partial charge is 0.178 e. The number of ketones is 1. The standard InChI is InChI=1S/C13H14Br2N2OS/c1-4-17-9(12(14)8(3)16-17)6-10(18)11-5-7(2)13(15)19-11/h5H,4,6H2,1-3H3. The third-order valence-electron chi connectivity index (χ3n) is 2.91. The van der Waals surface area contributed by atoms with E-state index in [1.807, 2.05) is 31.5 Å². The second kappa shape index (κ2) is 5.89. The zero-order valence-electron chi connectivity index (χ0n) is 11.0. The predicted octanol–water partition coefficient (Wildman–Crippen LogP) is 4.53. The van der Waals surface area contributed by atoms with Gasteiger partial charge in [-0.3, -0.25) is 9.48 Å². The molecule has 2 aromatic heterocycles. The fourth-order valence-electron chi connectivity index (χ4n) is 1.87. The van der Waals surface area contributed by atoms with E-state index in [4.69, 9.17) is 0 Å². The van der Waals surface area contributed by atoms with Crippen LogP contribution in [-0.2, 0) is 13.0 Å². The summed E-state index contributed by atoms with van der Waals surface area (Å²) in [6, 6.07) is 1.94. The zero-order valence-corrected chi connectivity index (χ0v) is 14.9. The molecule has 0 unspecified atom stereocenters. The molecule has 3 nitrogen and oxygen atoms in total. The van der Waals surface area contributed by atoms with Crippen molar-refractivity contribution in [2.24, 2.45) is 0 Å². The molecule has 0 saturated carbocycles. The van der Waals surface area contributed by atoms with Crippen LogP contribution in [0.25, 0.3) is 0 Å². The molecule has 102 valence electrons. The second-order valence-corrected chi connectivity index (χ2v) is 7.49. The third-order valence-corrected chi connectivity index (χ3v) is 6.12. The molecule has 0 aromatic carbocycles. The van der Waals surface area contributed by atoms with Crippen LogP contribution in [-0.4, -0.2) is 15.6 Å². The quantitative estimate of drug-likeness (QED) is 0.700. The third kappa shape index (κ3) is 3.01. The van der Waals surface area contributed by atoms with Crippen molar-refractivity contribution in [3.05, 3.63) is 36.2 Å². The van der Waals surface area contributed by atoms with Gasteiger partial charge in [0.05, 0.1) is 30.9 Å². The Balaban J connectivity index is 2.28. The van der Waals surface area contributed by atoms with Crippen molar-refractivity contribution in [1.82, 2.24) is 9.78 Å². The van der Waals surface area contributed by atoms with Gasteiger partial charge in [0.15, 0.2) is 5.78 Å². The summed E-state index contributed by atoms with van der Waals surface area (Å²) in [5, 5.41) is 4.41. The van der Waals surface area contributed by atoms with Crippen molar-refractivity contribution in [2.45, 2.75) is 33.7 Å². The molecule has 0 amide bonds. The van der Waals surface area contributed by atoms with Gasteiger partial charge in [0.2, 0.25) is 0 Å². The average molecular weight is 406 g/mol. The minimum absolute atomic E-state index is 0.133. The summed E-state index contributed by atoms with van der Waals surface area (Å²) >= 11 is 8.47. The molecule has 0 radical (unpaired) electrons. The van der Waals surface area contributed by atoms with E-state index >= 15 is 0 Å². The topological polar surface area (TPSA) is 34.9 Å². The average Bonchev–Trinajstić information content (AvgIpc) is 2.84.